The van der Waals surface area contributed by atoms with Gasteiger partial charge in [0, 0.05) is 30.1 Å². The quantitative estimate of drug-likeness (QED) is 0.482. The molecule has 0 fully saturated rings. The molecule has 3 aromatic heterocycles. The Bertz CT molecular complexity index is 1420. The van der Waals surface area contributed by atoms with E-state index in [0.29, 0.717) is 59.4 Å². The zero-order chi connectivity index (χ0) is 23.2. The molecule has 0 spiro atoms. The smallest absolute Gasteiger partial charge is 0.299 e. The molecule has 5 rings (SSSR count). The number of pyridine rings is 1. The number of aryl methyl sites for hydroxylation is 1. The molecule has 0 aliphatic carbocycles. The SMILES string of the molecule is Cc1nc(NCCc2ccc(O)c(-c3cncc(C#N)c3)c2)c2nc3n(c2n1)C(C)(C)CO3. The van der Waals surface area contributed by atoms with Crippen molar-refractivity contribution in [1.29, 1.82) is 5.26 Å². The lowest BCUT2D eigenvalue weighted by molar-refractivity contribution is 0.268. The summed E-state index contributed by atoms with van der Waals surface area (Å²) in [7, 11) is 0. The van der Waals surface area contributed by atoms with Crippen LogP contribution in [0.2, 0.25) is 0 Å². The predicted molar refractivity (Wildman–Crippen MR) is 123 cm³/mol. The van der Waals surface area contributed by atoms with Crippen LogP contribution in [0.4, 0.5) is 5.82 Å². The van der Waals surface area contributed by atoms with Gasteiger partial charge in [0.2, 0.25) is 0 Å². The van der Waals surface area contributed by atoms with Crippen molar-refractivity contribution >= 4 is 17.0 Å². The number of fused-ring (bicyclic) bond motifs is 3. The molecule has 0 saturated carbocycles. The molecule has 4 heterocycles. The normalized spacial score (nSPS) is 14.0. The molecule has 0 atom stereocenters. The highest BCUT2D eigenvalue weighted by Crippen LogP contribution is 2.36. The topological polar surface area (TPSA) is 122 Å². The standard InChI is InChI=1S/C24H23N7O2/c1-14-28-21(20-22(29-14)31-23(30-20)33-13-24(31,2)3)27-7-6-15-4-5-19(32)18(9-15)17-8-16(10-25)11-26-12-17/h4-5,8-9,11-12,32H,6-7,13H2,1-3H3,(H,27,28,29). The number of aromatic hydroxyl groups is 1. The second-order valence-corrected chi connectivity index (χ2v) is 8.72. The molecule has 0 saturated heterocycles. The van der Waals surface area contributed by atoms with E-state index in [-0.39, 0.29) is 11.3 Å². The van der Waals surface area contributed by atoms with Gasteiger partial charge in [0.1, 0.15) is 24.3 Å². The fraction of sp³-hybridized carbons (Fsp3) is 0.292. The summed E-state index contributed by atoms with van der Waals surface area (Å²) in [5.74, 6) is 1.47. The average Bonchev–Trinajstić information content (AvgIpc) is 3.32. The van der Waals surface area contributed by atoms with E-state index in [1.165, 1.54) is 6.20 Å². The number of phenols is 1. The Morgan fingerprint density at radius 2 is 2.06 bits per heavy atom. The lowest BCUT2D eigenvalue weighted by Gasteiger charge is -2.18. The van der Waals surface area contributed by atoms with Crippen LogP contribution in [0.15, 0.2) is 36.7 Å². The number of nitrogens with zero attached hydrogens (tertiary/aromatic N) is 6. The van der Waals surface area contributed by atoms with E-state index in [1.54, 1.807) is 18.3 Å². The van der Waals surface area contributed by atoms with Crippen molar-refractivity contribution in [2.45, 2.75) is 32.7 Å². The number of aromatic nitrogens is 5. The van der Waals surface area contributed by atoms with E-state index in [0.717, 1.165) is 11.2 Å². The molecule has 0 amide bonds. The summed E-state index contributed by atoms with van der Waals surface area (Å²) in [5, 5.41) is 22.9. The monoisotopic (exact) mass is 441 g/mol. The molecule has 2 N–H and O–H groups in total. The first-order valence-corrected chi connectivity index (χ1v) is 10.7. The minimum Gasteiger partial charge on any atom is -0.507 e. The average molecular weight is 441 g/mol. The van der Waals surface area contributed by atoms with Gasteiger partial charge in [0.05, 0.1) is 11.1 Å². The fourth-order valence-corrected chi connectivity index (χ4v) is 4.06. The minimum absolute atomic E-state index is 0.145. The van der Waals surface area contributed by atoms with Crippen LogP contribution in [0.5, 0.6) is 11.8 Å². The number of benzene rings is 1. The first kappa shape index (κ1) is 20.7. The molecule has 0 bridgehead atoms. The van der Waals surface area contributed by atoms with Crippen LogP contribution in [0, 0.1) is 18.3 Å². The van der Waals surface area contributed by atoms with Gasteiger partial charge in [-0.05, 0) is 51.0 Å². The molecule has 9 heteroatoms. The van der Waals surface area contributed by atoms with Gasteiger partial charge in [-0.1, -0.05) is 6.07 Å². The lowest BCUT2D eigenvalue weighted by Crippen LogP contribution is -2.26. The Morgan fingerprint density at radius 1 is 1.21 bits per heavy atom. The van der Waals surface area contributed by atoms with Crippen LogP contribution < -0.4 is 10.1 Å². The number of hydrogen-bond acceptors (Lipinski definition) is 8. The van der Waals surface area contributed by atoms with Gasteiger partial charge in [0.25, 0.3) is 6.01 Å². The summed E-state index contributed by atoms with van der Waals surface area (Å²) in [5.41, 5.74) is 4.04. The van der Waals surface area contributed by atoms with Gasteiger partial charge in [-0.25, -0.2) is 9.97 Å². The Hall–Kier alpha value is -4.19. The Morgan fingerprint density at radius 3 is 2.88 bits per heavy atom. The largest absolute Gasteiger partial charge is 0.507 e. The lowest BCUT2D eigenvalue weighted by atomic mass is 10.0. The van der Waals surface area contributed by atoms with Gasteiger partial charge in [-0.2, -0.15) is 10.2 Å². The molecule has 4 aromatic rings. The van der Waals surface area contributed by atoms with Crippen LogP contribution in [-0.4, -0.2) is 42.8 Å². The summed E-state index contributed by atoms with van der Waals surface area (Å²) in [6.45, 7) is 7.23. The van der Waals surface area contributed by atoms with Gasteiger partial charge >= 0.3 is 0 Å². The summed E-state index contributed by atoms with van der Waals surface area (Å²) < 4.78 is 7.78. The second kappa shape index (κ2) is 7.74. The molecule has 1 aliphatic heterocycles. The number of nitrogens with one attached hydrogen (secondary N) is 1. The molecule has 166 valence electrons. The van der Waals surface area contributed by atoms with Crippen LogP contribution in [0.1, 0.15) is 30.8 Å². The molecule has 1 aliphatic rings. The van der Waals surface area contributed by atoms with Crippen LogP contribution in [-0.2, 0) is 12.0 Å². The number of hydrogen-bond donors (Lipinski definition) is 2. The van der Waals surface area contributed by atoms with Crippen LogP contribution in [0.3, 0.4) is 0 Å². The third-order valence-corrected chi connectivity index (χ3v) is 5.69. The van der Waals surface area contributed by atoms with Crippen molar-refractivity contribution in [3.05, 3.63) is 53.6 Å². The number of nitriles is 1. The molecule has 0 unspecified atom stereocenters. The van der Waals surface area contributed by atoms with Gasteiger partial charge in [-0.15, -0.1) is 0 Å². The predicted octanol–water partition coefficient (Wildman–Crippen LogP) is 3.56. The molecule has 9 nitrogen and oxygen atoms in total. The van der Waals surface area contributed by atoms with Crippen molar-refractivity contribution in [3.8, 4) is 29.0 Å². The van der Waals surface area contributed by atoms with E-state index >= 15 is 0 Å². The molecule has 0 radical (unpaired) electrons. The summed E-state index contributed by atoms with van der Waals surface area (Å²) in [6, 6.07) is 9.81. The number of anilines is 1. The molecule has 1 aromatic carbocycles. The number of imidazole rings is 1. The highest BCUT2D eigenvalue weighted by molar-refractivity contribution is 5.84. The summed E-state index contributed by atoms with van der Waals surface area (Å²) in [4.78, 5) is 17.9. The number of ether oxygens (including phenoxy) is 1. The third-order valence-electron chi connectivity index (χ3n) is 5.69. The second-order valence-electron chi connectivity index (χ2n) is 8.72. The molecule has 33 heavy (non-hydrogen) atoms. The van der Waals surface area contributed by atoms with Gasteiger partial charge in [-0.3, -0.25) is 9.55 Å². The first-order chi connectivity index (χ1) is 15.9. The maximum absolute atomic E-state index is 10.3. The van der Waals surface area contributed by atoms with E-state index in [4.69, 9.17) is 10.00 Å². The highest BCUT2D eigenvalue weighted by atomic mass is 16.5. The van der Waals surface area contributed by atoms with Crippen molar-refractivity contribution < 1.29 is 9.84 Å². The Labute approximate surface area is 190 Å². The fourth-order valence-electron chi connectivity index (χ4n) is 4.06. The maximum Gasteiger partial charge on any atom is 0.299 e. The summed E-state index contributed by atoms with van der Waals surface area (Å²) >= 11 is 0. The maximum atomic E-state index is 10.3. The molecular weight excluding hydrogens is 418 g/mol. The highest BCUT2D eigenvalue weighted by Gasteiger charge is 2.35. The first-order valence-electron chi connectivity index (χ1n) is 10.7. The molecular formula is C24H23N7O2. The summed E-state index contributed by atoms with van der Waals surface area (Å²) in [6.07, 6.45) is 3.83. The Kier molecular flexibility index (Phi) is 4.86. The van der Waals surface area contributed by atoms with Crippen molar-refractivity contribution in [3.63, 3.8) is 0 Å². The van der Waals surface area contributed by atoms with Crippen molar-refractivity contribution in [1.82, 2.24) is 24.5 Å². The van der Waals surface area contributed by atoms with Gasteiger partial charge < -0.3 is 15.2 Å². The number of phenolic OH excluding ortho intramolecular Hbond substituents is 1. The van der Waals surface area contributed by atoms with Crippen molar-refractivity contribution in [2.24, 2.45) is 0 Å². The third kappa shape index (κ3) is 3.69. The van der Waals surface area contributed by atoms with Crippen LogP contribution in [0.25, 0.3) is 22.3 Å². The van der Waals surface area contributed by atoms with E-state index in [1.807, 2.05) is 23.6 Å². The zero-order valence-electron chi connectivity index (χ0n) is 18.6. The van der Waals surface area contributed by atoms with Crippen LogP contribution >= 0.6 is 0 Å². The van der Waals surface area contributed by atoms with E-state index in [9.17, 15) is 5.11 Å². The van der Waals surface area contributed by atoms with E-state index in [2.05, 4.69) is 45.2 Å². The zero-order valence-corrected chi connectivity index (χ0v) is 18.6. The number of rotatable bonds is 5. The van der Waals surface area contributed by atoms with Gasteiger partial charge in [0.15, 0.2) is 17.0 Å². The minimum atomic E-state index is -0.220. The van der Waals surface area contributed by atoms with E-state index < -0.39 is 0 Å². The Balaban J connectivity index is 1.38. The van der Waals surface area contributed by atoms with Crippen molar-refractivity contribution in [2.75, 3.05) is 18.5 Å².